The summed E-state index contributed by atoms with van der Waals surface area (Å²) in [7, 11) is 0. The second kappa shape index (κ2) is 3.24. The fraction of sp³-hybridized carbons (Fsp3) is 0. The number of halogens is 1. The average molecular weight is 235 g/mol. The molecule has 0 atom stereocenters. The number of nitrogens with two attached hydrogens (primary N) is 1. The first-order valence-corrected chi connectivity index (χ1v) is 4.97. The number of pyridine rings is 1. The number of hydrogen-bond donors (Lipinski definition) is 2. The molecule has 80 valence electrons. The SMILES string of the molecule is Nc1ccc2[nH]c(-c3ccoc3Cl)nc2n1. The maximum Gasteiger partial charge on any atom is 0.203 e. The number of H-pyrrole nitrogens is 1. The van der Waals surface area contributed by atoms with Crippen LogP contribution in [0.1, 0.15) is 0 Å². The molecule has 0 saturated heterocycles. The number of aromatic nitrogens is 3. The van der Waals surface area contributed by atoms with Crippen LogP contribution in [0, 0.1) is 0 Å². The molecule has 3 aromatic rings. The van der Waals surface area contributed by atoms with E-state index in [0.717, 1.165) is 5.52 Å². The van der Waals surface area contributed by atoms with Crippen LogP contribution in [-0.4, -0.2) is 15.0 Å². The number of nitrogen functional groups attached to an aromatic ring is 1. The first-order chi connectivity index (χ1) is 7.74. The molecule has 0 amide bonds. The van der Waals surface area contributed by atoms with E-state index in [1.807, 2.05) is 6.07 Å². The number of hydrogen-bond acceptors (Lipinski definition) is 4. The van der Waals surface area contributed by atoms with Crippen molar-refractivity contribution in [1.29, 1.82) is 0 Å². The maximum absolute atomic E-state index is 5.86. The van der Waals surface area contributed by atoms with Crippen LogP contribution in [0.2, 0.25) is 5.22 Å². The van der Waals surface area contributed by atoms with E-state index >= 15 is 0 Å². The van der Waals surface area contributed by atoms with Crippen LogP contribution >= 0.6 is 11.6 Å². The van der Waals surface area contributed by atoms with E-state index < -0.39 is 0 Å². The van der Waals surface area contributed by atoms with Crippen LogP contribution in [0.25, 0.3) is 22.6 Å². The quantitative estimate of drug-likeness (QED) is 0.678. The number of furan rings is 1. The van der Waals surface area contributed by atoms with Crippen molar-refractivity contribution in [3.8, 4) is 11.4 Å². The van der Waals surface area contributed by atoms with Crippen molar-refractivity contribution in [2.24, 2.45) is 0 Å². The lowest BCUT2D eigenvalue weighted by Gasteiger charge is -1.88. The lowest BCUT2D eigenvalue weighted by molar-refractivity contribution is 0.570. The molecular weight excluding hydrogens is 228 g/mol. The molecule has 0 aliphatic carbocycles. The number of rotatable bonds is 1. The van der Waals surface area contributed by atoms with Crippen LogP contribution in [0.5, 0.6) is 0 Å². The van der Waals surface area contributed by atoms with Gasteiger partial charge in [-0.2, -0.15) is 0 Å². The Hall–Kier alpha value is -2.01. The van der Waals surface area contributed by atoms with Gasteiger partial charge in [-0.1, -0.05) is 0 Å². The van der Waals surface area contributed by atoms with Crippen LogP contribution in [0.4, 0.5) is 5.82 Å². The number of fused-ring (bicyclic) bond motifs is 1. The summed E-state index contributed by atoms with van der Waals surface area (Å²) in [5, 5.41) is 0.298. The summed E-state index contributed by atoms with van der Waals surface area (Å²) in [6.07, 6.45) is 1.51. The highest BCUT2D eigenvalue weighted by Gasteiger charge is 2.11. The molecule has 0 aliphatic heterocycles. The molecule has 3 rings (SSSR count). The molecule has 5 nitrogen and oxygen atoms in total. The Morgan fingerprint density at radius 1 is 1.25 bits per heavy atom. The van der Waals surface area contributed by atoms with Gasteiger partial charge in [0.05, 0.1) is 17.3 Å². The minimum Gasteiger partial charge on any atom is -0.452 e. The molecule has 0 bridgehead atoms. The summed E-state index contributed by atoms with van der Waals surface area (Å²) in [6.45, 7) is 0. The zero-order chi connectivity index (χ0) is 11.1. The zero-order valence-corrected chi connectivity index (χ0v) is 8.82. The predicted octanol–water partition coefficient (Wildman–Crippen LogP) is 2.45. The molecule has 0 unspecified atom stereocenters. The summed E-state index contributed by atoms with van der Waals surface area (Å²) < 4.78 is 5.00. The minimum atomic E-state index is 0.298. The van der Waals surface area contributed by atoms with E-state index in [4.69, 9.17) is 21.8 Å². The minimum absolute atomic E-state index is 0.298. The van der Waals surface area contributed by atoms with E-state index in [0.29, 0.717) is 28.1 Å². The Balaban J connectivity index is 2.23. The van der Waals surface area contributed by atoms with Crippen LogP contribution < -0.4 is 5.73 Å². The second-order valence-corrected chi connectivity index (χ2v) is 3.64. The van der Waals surface area contributed by atoms with E-state index in [1.165, 1.54) is 6.26 Å². The Labute approximate surface area is 95.3 Å². The molecule has 0 radical (unpaired) electrons. The molecule has 3 N–H and O–H groups in total. The first-order valence-electron chi connectivity index (χ1n) is 4.59. The molecule has 0 fully saturated rings. The van der Waals surface area contributed by atoms with Gasteiger partial charge in [-0.25, -0.2) is 9.97 Å². The van der Waals surface area contributed by atoms with E-state index in [2.05, 4.69) is 15.0 Å². The Kier molecular flexibility index (Phi) is 1.87. The van der Waals surface area contributed by atoms with Gasteiger partial charge >= 0.3 is 0 Å². The van der Waals surface area contributed by atoms with Gasteiger partial charge in [0, 0.05) is 0 Å². The van der Waals surface area contributed by atoms with Gasteiger partial charge in [0.25, 0.3) is 0 Å². The number of nitrogens with zero attached hydrogens (tertiary/aromatic N) is 2. The Morgan fingerprint density at radius 2 is 2.12 bits per heavy atom. The average Bonchev–Trinajstić information content (AvgIpc) is 2.82. The summed E-state index contributed by atoms with van der Waals surface area (Å²) in [5.74, 6) is 1.05. The van der Waals surface area contributed by atoms with Gasteiger partial charge in [-0.15, -0.1) is 0 Å². The Morgan fingerprint density at radius 3 is 2.88 bits per heavy atom. The standard InChI is InChI=1S/C10H7ClN4O/c11-8-5(3-4-16-8)9-13-6-1-2-7(12)14-10(6)15-9/h1-4H,(H3,12,13,14,15). The highest BCUT2D eigenvalue weighted by atomic mass is 35.5. The fourth-order valence-electron chi connectivity index (χ4n) is 1.50. The number of imidazole rings is 1. The van der Waals surface area contributed by atoms with Crippen LogP contribution in [0.15, 0.2) is 28.9 Å². The van der Waals surface area contributed by atoms with Crippen molar-refractivity contribution in [2.75, 3.05) is 5.73 Å². The summed E-state index contributed by atoms with van der Waals surface area (Å²) >= 11 is 5.86. The number of anilines is 1. The fourth-order valence-corrected chi connectivity index (χ4v) is 1.70. The molecule has 0 spiro atoms. The van der Waals surface area contributed by atoms with Crippen molar-refractivity contribution in [3.05, 3.63) is 29.7 Å². The predicted molar refractivity (Wildman–Crippen MR) is 61.0 cm³/mol. The molecule has 16 heavy (non-hydrogen) atoms. The van der Waals surface area contributed by atoms with Gasteiger partial charge in [0.1, 0.15) is 11.6 Å². The molecule has 0 saturated carbocycles. The normalized spacial score (nSPS) is 11.1. The number of nitrogens with one attached hydrogen (secondary N) is 1. The molecular formula is C10H7ClN4O. The van der Waals surface area contributed by atoms with Crippen molar-refractivity contribution < 1.29 is 4.42 Å². The topological polar surface area (TPSA) is 80.7 Å². The zero-order valence-electron chi connectivity index (χ0n) is 8.07. The number of aromatic amines is 1. The van der Waals surface area contributed by atoms with Gasteiger partial charge in [-0.05, 0) is 29.8 Å². The summed E-state index contributed by atoms with van der Waals surface area (Å²) in [5.41, 5.74) is 7.65. The highest BCUT2D eigenvalue weighted by molar-refractivity contribution is 6.31. The third kappa shape index (κ3) is 1.33. The van der Waals surface area contributed by atoms with Crippen LogP contribution in [-0.2, 0) is 0 Å². The monoisotopic (exact) mass is 234 g/mol. The highest BCUT2D eigenvalue weighted by Crippen LogP contribution is 2.27. The second-order valence-electron chi connectivity index (χ2n) is 3.30. The van der Waals surface area contributed by atoms with Gasteiger partial charge in [0.15, 0.2) is 5.65 Å². The maximum atomic E-state index is 5.86. The molecule has 0 aliphatic rings. The van der Waals surface area contributed by atoms with E-state index in [-0.39, 0.29) is 0 Å². The van der Waals surface area contributed by atoms with Gasteiger partial charge in [-0.3, -0.25) is 0 Å². The van der Waals surface area contributed by atoms with Crippen molar-refractivity contribution >= 4 is 28.6 Å². The molecule has 3 aromatic heterocycles. The third-order valence-corrected chi connectivity index (χ3v) is 2.53. The van der Waals surface area contributed by atoms with Crippen molar-refractivity contribution in [1.82, 2.24) is 15.0 Å². The summed E-state index contributed by atoms with van der Waals surface area (Å²) in [4.78, 5) is 11.5. The van der Waals surface area contributed by atoms with E-state index in [9.17, 15) is 0 Å². The van der Waals surface area contributed by atoms with Crippen LogP contribution in [0.3, 0.4) is 0 Å². The molecule has 6 heteroatoms. The molecule has 3 heterocycles. The molecule has 0 aromatic carbocycles. The summed E-state index contributed by atoms with van der Waals surface area (Å²) in [6, 6.07) is 5.27. The Bertz CT molecular complexity index is 658. The van der Waals surface area contributed by atoms with Gasteiger partial charge < -0.3 is 15.1 Å². The van der Waals surface area contributed by atoms with Crippen molar-refractivity contribution in [2.45, 2.75) is 0 Å². The lowest BCUT2D eigenvalue weighted by Crippen LogP contribution is -1.88. The lowest BCUT2D eigenvalue weighted by atomic mass is 10.3. The van der Waals surface area contributed by atoms with E-state index in [1.54, 1.807) is 12.1 Å². The van der Waals surface area contributed by atoms with Gasteiger partial charge in [0.2, 0.25) is 5.22 Å². The largest absolute Gasteiger partial charge is 0.452 e. The smallest absolute Gasteiger partial charge is 0.203 e. The third-order valence-electron chi connectivity index (χ3n) is 2.24. The van der Waals surface area contributed by atoms with Crippen molar-refractivity contribution in [3.63, 3.8) is 0 Å². The first kappa shape index (κ1) is 9.23.